The van der Waals surface area contributed by atoms with E-state index in [4.69, 9.17) is 0 Å². The van der Waals surface area contributed by atoms with Crippen molar-refractivity contribution in [3.8, 4) is 0 Å². The highest BCUT2D eigenvalue weighted by atomic mass is 32.1. The highest BCUT2D eigenvalue weighted by Crippen LogP contribution is 2.28. The second-order valence-electron chi connectivity index (χ2n) is 4.88. The summed E-state index contributed by atoms with van der Waals surface area (Å²) in [5.74, 6) is 0. The molecular formula is C15H15N3O2S. The van der Waals surface area contributed by atoms with Gasteiger partial charge in [0.1, 0.15) is 0 Å². The van der Waals surface area contributed by atoms with Crippen LogP contribution in [0, 0.1) is 6.92 Å². The summed E-state index contributed by atoms with van der Waals surface area (Å²) in [6.07, 6.45) is 0. The number of aromatic nitrogens is 2. The van der Waals surface area contributed by atoms with Gasteiger partial charge in [0.2, 0.25) is 0 Å². The van der Waals surface area contributed by atoms with Gasteiger partial charge in [-0.15, -0.1) is 11.3 Å². The molecule has 1 unspecified atom stereocenters. The fourth-order valence-corrected chi connectivity index (χ4v) is 3.41. The minimum atomic E-state index is -0.632. The number of H-pyrrole nitrogens is 2. The topological polar surface area (TPSA) is 77.8 Å². The molecule has 3 N–H and O–H groups in total. The molecule has 0 saturated heterocycles. The fraction of sp³-hybridized carbons (Fsp3) is 0.200. The minimum Gasteiger partial charge on any atom is -0.316 e. The van der Waals surface area contributed by atoms with E-state index >= 15 is 0 Å². The molecule has 0 aliphatic carbocycles. The summed E-state index contributed by atoms with van der Waals surface area (Å²) in [5.41, 5.74) is 1.03. The maximum Gasteiger partial charge on any atom is 0.314 e. The number of hydrogen-bond acceptors (Lipinski definition) is 4. The van der Waals surface area contributed by atoms with Crippen LogP contribution >= 0.6 is 11.3 Å². The molecule has 0 aliphatic rings. The molecule has 1 aromatic carbocycles. The van der Waals surface area contributed by atoms with Crippen LogP contribution in [0.4, 0.5) is 0 Å². The number of aromatic amines is 2. The maximum absolute atomic E-state index is 11.4. The largest absolute Gasteiger partial charge is 0.316 e. The molecule has 5 nitrogen and oxygen atoms in total. The molecule has 0 spiro atoms. The first-order valence-electron chi connectivity index (χ1n) is 6.58. The van der Waals surface area contributed by atoms with E-state index in [0.717, 1.165) is 5.56 Å². The lowest BCUT2D eigenvalue weighted by Crippen LogP contribution is -2.29. The van der Waals surface area contributed by atoms with Crippen LogP contribution < -0.4 is 16.4 Å². The van der Waals surface area contributed by atoms with Crippen molar-refractivity contribution in [1.29, 1.82) is 0 Å². The zero-order valence-electron chi connectivity index (χ0n) is 11.7. The Morgan fingerprint density at radius 2 is 1.76 bits per heavy atom. The number of hydrogen-bond donors (Lipinski definition) is 3. The van der Waals surface area contributed by atoms with Gasteiger partial charge in [0.25, 0.3) is 0 Å². The van der Waals surface area contributed by atoms with Gasteiger partial charge >= 0.3 is 11.1 Å². The Morgan fingerprint density at radius 3 is 2.38 bits per heavy atom. The van der Waals surface area contributed by atoms with Crippen LogP contribution in [0.2, 0.25) is 0 Å². The van der Waals surface area contributed by atoms with Crippen molar-refractivity contribution in [3.05, 3.63) is 66.4 Å². The first kappa shape index (κ1) is 13.8. The molecule has 6 heteroatoms. The van der Waals surface area contributed by atoms with Gasteiger partial charge in [-0.2, -0.15) is 0 Å². The third-order valence-electron chi connectivity index (χ3n) is 3.41. The number of rotatable bonds is 3. The van der Waals surface area contributed by atoms with E-state index in [1.807, 2.05) is 25.2 Å². The molecule has 1 atom stereocenters. The van der Waals surface area contributed by atoms with Crippen LogP contribution in [-0.4, -0.2) is 17.0 Å². The third-order valence-corrected chi connectivity index (χ3v) is 4.48. The summed E-state index contributed by atoms with van der Waals surface area (Å²) in [7, 11) is 1.90. The van der Waals surface area contributed by atoms with E-state index in [-0.39, 0.29) is 6.04 Å². The highest BCUT2D eigenvalue weighted by Gasteiger charge is 2.14. The van der Waals surface area contributed by atoms with E-state index in [2.05, 4.69) is 34.3 Å². The molecule has 0 amide bonds. The molecule has 21 heavy (non-hydrogen) atoms. The van der Waals surface area contributed by atoms with Crippen molar-refractivity contribution >= 4 is 22.4 Å². The first-order chi connectivity index (χ1) is 10.1. The lowest BCUT2D eigenvalue weighted by Gasteiger charge is -2.15. The smallest absolute Gasteiger partial charge is 0.314 e. The average molecular weight is 301 g/mol. The SMILES string of the molecule is CNC(c1ccc2[nH]c(=O)c(=O)[nH]c2c1)c1ccc(C)s1. The van der Waals surface area contributed by atoms with Crippen molar-refractivity contribution in [2.75, 3.05) is 7.05 Å². The van der Waals surface area contributed by atoms with Crippen molar-refractivity contribution in [1.82, 2.24) is 15.3 Å². The monoisotopic (exact) mass is 301 g/mol. The second kappa shape index (κ2) is 5.31. The predicted molar refractivity (Wildman–Crippen MR) is 85.1 cm³/mol. The van der Waals surface area contributed by atoms with Crippen LogP contribution in [0.3, 0.4) is 0 Å². The summed E-state index contributed by atoms with van der Waals surface area (Å²) in [5, 5.41) is 3.29. The third kappa shape index (κ3) is 2.55. The van der Waals surface area contributed by atoms with Gasteiger partial charge in [-0.25, -0.2) is 0 Å². The Bertz CT molecular complexity index is 907. The number of fused-ring (bicyclic) bond motifs is 1. The lowest BCUT2D eigenvalue weighted by atomic mass is 10.0. The van der Waals surface area contributed by atoms with E-state index in [0.29, 0.717) is 11.0 Å². The normalized spacial score (nSPS) is 12.7. The molecule has 0 radical (unpaired) electrons. The number of aryl methyl sites for hydroxylation is 1. The molecule has 3 aromatic rings. The number of benzene rings is 1. The van der Waals surface area contributed by atoms with E-state index in [1.54, 1.807) is 11.3 Å². The fourth-order valence-electron chi connectivity index (χ4n) is 2.39. The molecule has 2 aromatic heterocycles. The van der Waals surface area contributed by atoms with Crippen molar-refractivity contribution in [3.63, 3.8) is 0 Å². The predicted octanol–water partition coefficient (Wildman–Crippen LogP) is 1.90. The first-order valence-corrected chi connectivity index (χ1v) is 7.40. The van der Waals surface area contributed by atoms with Crippen molar-refractivity contribution < 1.29 is 0 Å². The van der Waals surface area contributed by atoms with Crippen molar-refractivity contribution in [2.45, 2.75) is 13.0 Å². The zero-order chi connectivity index (χ0) is 15.0. The molecule has 108 valence electrons. The van der Waals surface area contributed by atoms with Crippen LogP contribution in [0.25, 0.3) is 11.0 Å². The Kier molecular flexibility index (Phi) is 3.48. The number of nitrogens with one attached hydrogen (secondary N) is 3. The summed E-state index contributed by atoms with van der Waals surface area (Å²) in [6.45, 7) is 2.07. The van der Waals surface area contributed by atoms with Gasteiger partial charge in [0.15, 0.2) is 0 Å². The molecule has 0 saturated carbocycles. The van der Waals surface area contributed by atoms with Gasteiger partial charge in [0.05, 0.1) is 17.1 Å². The Labute approximate surface area is 124 Å². The van der Waals surface area contributed by atoms with Crippen molar-refractivity contribution in [2.24, 2.45) is 0 Å². The maximum atomic E-state index is 11.4. The van der Waals surface area contributed by atoms with Gasteiger partial charge in [0, 0.05) is 9.75 Å². The summed E-state index contributed by atoms with van der Waals surface area (Å²) in [4.78, 5) is 30.4. The Hall–Kier alpha value is -2.18. The molecular weight excluding hydrogens is 286 g/mol. The van der Waals surface area contributed by atoms with E-state index < -0.39 is 11.1 Å². The van der Waals surface area contributed by atoms with Crippen LogP contribution in [-0.2, 0) is 0 Å². The lowest BCUT2D eigenvalue weighted by molar-refractivity contribution is 0.704. The molecule has 2 heterocycles. The molecule has 0 aliphatic heterocycles. The van der Waals surface area contributed by atoms with Crippen LogP contribution in [0.15, 0.2) is 39.9 Å². The van der Waals surface area contributed by atoms with E-state index in [1.165, 1.54) is 9.75 Å². The quantitative estimate of drug-likeness (QED) is 0.647. The van der Waals surface area contributed by atoms with Gasteiger partial charge in [-0.05, 0) is 43.8 Å². The van der Waals surface area contributed by atoms with Gasteiger partial charge < -0.3 is 15.3 Å². The summed E-state index contributed by atoms with van der Waals surface area (Å²) < 4.78 is 0. The van der Waals surface area contributed by atoms with Gasteiger partial charge in [-0.3, -0.25) is 9.59 Å². The Morgan fingerprint density at radius 1 is 1.05 bits per heavy atom. The summed E-state index contributed by atoms with van der Waals surface area (Å²) in [6, 6.07) is 9.90. The minimum absolute atomic E-state index is 0.0588. The van der Waals surface area contributed by atoms with Crippen LogP contribution in [0.1, 0.15) is 21.4 Å². The molecule has 0 fully saturated rings. The second-order valence-corrected chi connectivity index (χ2v) is 6.20. The number of thiophene rings is 1. The molecule has 3 rings (SSSR count). The zero-order valence-corrected chi connectivity index (χ0v) is 12.5. The van der Waals surface area contributed by atoms with Gasteiger partial charge in [-0.1, -0.05) is 6.07 Å². The van der Waals surface area contributed by atoms with E-state index in [9.17, 15) is 9.59 Å². The highest BCUT2D eigenvalue weighted by molar-refractivity contribution is 7.12. The summed E-state index contributed by atoms with van der Waals surface area (Å²) >= 11 is 1.73. The van der Waals surface area contributed by atoms with Crippen LogP contribution in [0.5, 0.6) is 0 Å². The average Bonchev–Trinajstić information content (AvgIpc) is 2.87. The Balaban J connectivity index is 2.13. The standard InChI is InChI=1S/C15H15N3O2S/c1-8-3-6-12(21-8)13(16-2)9-4-5-10-11(7-9)18-15(20)14(19)17-10/h3-7,13,16H,1-2H3,(H,17,19)(H,18,20). The molecule has 0 bridgehead atoms.